The van der Waals surface area contributed by atoms with E-state index < -0.39 is 6.04 Å². The molecular weight excluding hydrogens is 314 g/mol. The van der Waals surface area contributed by atoms with E-state index in [4.69, 9.17) is 10.5 Å². The number of hydrogen-bond donors (Lipinski definition) is 2. The second kappa shape index (κ2) is 10.6. The second-order valence-corrected chi connectivity index (χ2v) is 5.72. The van der Waals surface area contributed by atoms with E-state index in [0.717, 1.165) is 39.1 Å². The molecule has 1 amide bonds. The van der Waals surface area contributed by atoms with Crippen LogP contribution in [0.2, 0.25) is 0 Å². The Kier molecular flexibility index (Phi) is 9.17. The number of rotatable bonds is 7. The number of hydrogen-bond acceptors (Lipinski definition) is 4. The van der Waals surface area contributed by atoms with Gasteiger partial charge in [0.1, 0.15) is 0 Å². The maximum Gasteiger partial charge on any atom is 0.236 e. The highest BCUT2D eigenvalue weighted by Crippen LogP contribution is 2.21. The fraction of sp³-hybridized carbons (Fsp3) is 0.588. The van der Waals surface area contributed by atoms with Crippen LogP contribution in [0.3, 0.4) is 0 Å². The van der Waals surface area contributed by atoms with Crippen molar-refractivity contribution in [2.45, 2.75) is 31.8 Å². The molecule has 0 aliphatic carbocycles. The van der Waals surface area contributed by atoms with Gasteiger partial charge >= 0.3 is 0 Å². The Morgan fingerprint density at radius 1 is 1.30 bits per heavy atom. The summed E-state index contributed by atoms with van der Waals surface area (Å²) in [4.78, 5) is 14.4. The lowest BCUT2D eigenvalue weighted by atomic mass is 10.0. The lowest BCUT2D eigenvalue weighted by Crippen LogP contribution is -2.47. The first-order chi connectivity index (χ1) is 10.7. The highest BCUT2D eigenvalue weighted by atomic mass is 35.5. The number of nitrogens with one attached hydrogen (secondary N) is 1. The van der Waals surface area contributed by atoms with Gasteiger partial charge in [0.25, 0.3) is 0 Å². The minimum absolute atomic E-state index is 0. The summed E-state index contributed by atoms with van der Waals surface area (Å²) in [5.74, 6) is -0.0592. The highest BCUT2D eigenvalue weighted by molar-refractivity contribution is 5.85. The van der Waals surface area contributed by atoms with Crippen LogP contribution in [-0.2, 0) is 9.53 Å². The van der Waals surface area contributed by atoms with Crippen molar-refractivity contribution in [1.82, 2.24) is 10.2 Å². The van der Waals surface area contributed by atoms with Crippen molar-refractivity contribution in [3.05, 3.63) is 35.9 Å². The molecule has 1 aromatic carbocycles. The van der Waals surface area contributed by atoms with Crippen LogP contribution in [0, 0.1) is 0 Å². The minimum Gasteiger partial charge on any atom is -0.379 e. The average Bonchev–Trinajstić information content (AvgIpc) is 2.57. The third-order valence-electron chi connectivity index (χ3n) is 4.08. The first-order valence-corrected chi connectivity index (χ1v) is 8.12. The monoisotopic (exact) mass is 341 g/mol. The summed E-state index contributed by atoms with van der Waals surface area (Å²) < 4.78 is 5.43. The molecule has 2 rings (SSSR count). The van der Waals surface area contributed by atoms with E-state index in [0.29, 0.717) is 6.54 Å². The zero-order valence-corrected chi connectivity index (χ0v) is 14.6. The fourth-order valence-electron chi connectivity index (χ4n) is 2.79. The summed E-state index contributed by atoms with van der Waals surface area (Å²) in [6.07, 6.45) is 1.64. The number of carbonyl (C=O) groups is 1. The third-order valence-corrected chi connectivity index (χ3v) is 4.08. The van der Waals surface area contributed by atoms with Crippen molar-refractivity contribution < 1.29 is 9.53 Å². The molecule has 0 radical (unpaired) electrons. The molecule has 0 spiro atoms. The van der Waals surface area contributed by atoms with Gasteiger partial charge in [-0.1, -0.05) is 43.7 Å². The molecule has 2 unspecified atom stereocenters. The van der Waals surface area contributed by atoms with Gasteiger partial charge in [-0.3, -0.25) is 9.69 Å². The van der Waals surface area contributed by atoms with Gasteiger partial charge in [0, 0.05) is 19.6 Å². The minimum atomic E-state index is -0.411. The number of benzene rings is 1. The van der Waals surface area contributed by atoms with E-state index >= 15 is 0 Å². The molecule has 1 aliphatic rings. The summed E-state index contributed by atoms with van der Waals surface area (Å²) in [6, 6.07) is 10.1. The number of nitrogens with zero attached hydrogens (tertiary/aromatic N) is 1. The van der Waals surface area contributed by atoms with E-state index in [1.807, 2.05) is 25.1 Å². The standard InChI is InChI=1S/C17H27N3O2.ClH/c1-2-6-15(18)17(21)19-13-16(14-7-4-3-5-8-14)20-9-11-22-12-10-20;/h3-5,7-8,15-16H,2,6,9-13,18H2,1H3,(H,19,21);1H. The van der Waals surface area contributed by atoms with Gasteiger partial charge in [-0.25, -0.2) is 0 Å². The predicted molar refractivity (Wildman–Crippen MR) is 94.7 cm³/mol. The van der Waals surface area contributed by atoms with Crippen LogP contribution in [0.4, 0.5) is 0 Å². The zero-order valence-electron chi connectivity index (χ0n) is 13.7. The summed E-state index contributed by atoms with van der Waals surface area (Å²) in [5.41, 5.74) is 7.10. The Morgan fingerprint density at radius 3 is 2.57 bits per heavy atom. The fourth-order valence-corrected chi connectivity index (χ4v) is 2.79. The lowest BCUT2D eigenvalue weighted by Gasteiger charge is -2.35. The largest absolute Gasteiger partial charge is 0.379 e. The van der Waals surface area contributed by atoms with Gasteiger partial charge in [0.2, 0.25) is 5.91 Å². The Morgan fingerprint density at radius 2 is 1.96 bits per heavy atom. The zero-order chi connectivity index (χ0) is 15.8. The summed E-state index contributed by atoms with van der Waals surface area (Å²) in [6.45, 7) is 5.88. The number of morpholine rings is 1. The molecule has 1 aliphatic heterocycles. The Hall–Kier alpha value is -1.14. The van der Waals surface area contributed by atoms with Crippen molar-refractivity contribution in [3.8, 4) is 0 Å². The molecule has 1 aromatic rings. The van der Waals surface area contributed by atoms with Gasteiger partial charge in [0.05, 0.1) is 25.3 Å². The quantitative estimate of drug-likeness (QED) is 0.792. The third kappa shape index (κ3) is 6.11. The smallest absolute Gasteiger partial charge is 0.236 e. The van der Waals surface area contributed by atoms with Gasteiger partial charge in [-0.2, -0.15) is 0 Å². The van der Waals surface area contributed by atoms with E-state index in [-0.39, 0.29) is 24.4 Å². The van der Waals surface area contributed by atoms with Crippen LogP contribution in [0.5, 0.6) is 0 Å². The first-order valence-electron chi connectivity index (χ1n) is 8.12. The average molecular weight is 342 g/mol. The maximum atomic E-state index is 12.1. The maximum absolute atomic E-state index is 12.1. The highest BCUT2D eigenvalue weighted by Gasteiger charge is 2.23. The topological polar surface area (TPSA) is 67.6 Å². The number of ether oxygens (including phenoxy) is 1. The van der Waals surface area contributed by atoms with Crippen LogP contribution in [-0.4, -0.2) is 49.7 Å². The number of amides is 1. The molecule has 5 nitrogen and oxygen atoms in total. The normalized spacial score (nSPS) is 17.8. The van der Waals surface area contributed by atoms with Gasteiger partial charge in [0.15, 0.2) is 0 Å². The molecule has 1 fully saturated rings. The van der Waals surface area contributed by atoms with Gasteiger partial charge in [-0.05, 0) is 12.0 Å². The van der Waals surface area contributed by atoms with Crippen molar-refractivity contribution in [2.24, 2.45) is 5.73 Å². The molecule has 1 heterocycles. The van der Waals surface area contributed by atoms with Crippen molar-refractivity contribution >= 4 is 18.3 Å². The number of nitrogens with two attached hydrogens (primary N) is 1. The molecule has 6 heteroatoms. The summed E-state index contributed by atoms with van der Waals surface area (Å²) >= 11 is 0. The molecule has 0 bridgehead atoms. The molecule has 0 aromatic heterocycles. The number of halogens is 1. The molecular formula is C17H28ClN3O2. The van der Waals surface area contributed by atoms with Gasteiger partial charge < -0.3 is 15.8 Å². The molecule has 23 heavy (non-hydrogen) atoms. The Labute approximate surface area is 145 Å². The lowest BCUT2D eigenvalue weighted by molar-refractivity contribution is -0.122. The molecule has 2 atom stereocenters. The van der Waals surface area contributed by atoms with Crippen LogP contribution < -0.4 is 11.1 Å². The van der Waals surface area contributed by atoms with Crippen molar-refractivity contribution in [2.75, 3.05) is 32.8 Å². The van der Waals surface area contributed by atoms with Crippen LogP contribution in [0.1, 0.15) is 31.4 Å². The predicted octanol–water partition coefficient (Wildman–Crippen LogP) is 1.73. The van der Waals surface area contributed by atoms with Crippen molar-refractivity contribution in [1.29, 1.82) is 0 Å². The Balaban J connectivity index is 0.00000264. The van der Waals surface area contributed by atoms with Crippen LogP contribution in [0.15, 0.2) is 30.3 Å². The van der Waals surface area contributed by atoms with Gasteiger partial charge in [-0.15, -0.1) is 12.4 Å². The summed E-state index contributed by atoms with van der Waals surface area (Å²) in [7, 11) is 0. The second-order valence-electron chi connectivity index (χ2n) is 5.72. The van der Waals surface area contributed by atoms with Crippen molar-refractivity contribution in [3.63, 3.8) is 0 Å². The van der Waals surface area contributed by atoms with Crippen LogP contribution in [0.25, 0.3) is 0 Å². The van der Waals surface area contributed by atoms with E-state index in [1.54, 1.807) is 0 Å². The van der Waals surface area contributed by atoms with E-state index in [1.165, 1.54) is 5.56 Å². The molecule has 1 saturated heterocycles. The van der Waals surface area contributed by atoms with E-state index in [2.05, 4.69) is 22.3 Å². The SMILES string of the molecule is CCCC(N)C(=O)NCC(c1ccccc1)N1CCOCC1.Cl. The van der Waals surface area contributed by atoms with E-state index in [9.17, 15) is 4.79 Å². The number of carbonyl (C=O) groups excluding carboxylic acids is 1. The molecule has 130 valence electrons. The van der Waals surface area contributed by atoms with Crippen LogP contribution >= 0.6 is 12.4 Å². The molecule has 3 N–H and O–H groups in total. The Bertz CT molecular complexity index is 452. The molecule has 0 saturated carbocycles. The first kappa shape index (κ1) is 19.9. The summed E-state index contributed by atoms with van der Waals surface area (Å²) in [5, 5.41) is 3.02.